The largest absolute Gasteiger partial charge is 0.496 e. The summed E-state index contributed by atoms with van der Waals surface area (Å²) in [5.74, 6) is 0.447. The topological polar surface area (TPSA) is 61.5 Å². The fourth-order valence-electron chi connectivity index (χ4n) is 2.41. The summed E-state index contributed by atoms with van der Waals surface area (Å²) in [5.41, 5.74) is 2.02. The Balaban J connectivity index is 2.15. The van der Waals surface area contributed by atoms with Gasteiger partial charge in [-0.05, 0) is 27.1 Å². The van der Waals surface area contributed by atoms with E-state index in [4.69, 9.17) is 4.74 Å². The molecule has 1 aromatic carbocycles. The Hall–Kier alpha value is -2.23. The van der Waals surface area contributed by atoms with Crippen molar-refractivity contribution in [2.75, 3.05) is 27.7 Å². The van der Waals surface area contributed by atoms with E-state index in [1.165, 1.54) is 11.3 Å². The molecule has 1 aromatic heterocycles. The predicted octanol–water partition coefficient (Wildman–Crippen LogP) is 3.44. The van der Waals surface area contributed by atoms with Crippen LogP contribution in [-0.2, 0) is 0 Å². The zero-order valence-corrected chi connectivity index (χ0v) is 15.2. The molecule has 0 radical (unpaired) electrons. The van der Waals surface area contributed by atoms with Gasteiger partial charge in [-0.2, -0.15) is 5.26 Å². The minimum absolute atomic E-state index is 0.0785. The van der Waals surface area contributed by atoms with E-state index in [9.17, 15) is 5.26 Å². The third-order valence-electron chi connectivity index (χ3n) is 3.70. The van der Waals surface area contributed by atoms with Crippen LogP contribution < -0.4 is 4.74 Å². The Bertz CT molecular complexity index is 733. The first kappa shape index (κ1) is 18.1. The summed E-state index contributed by atoms with van der Waals surface area (Å²) in [6.07, 6.45) is 1.70. The maximum atomic E-state index is 9.36. The van der Waals surface area contributed by atoms with Gasteiger partial charge in [0.1, 0.15) is 16.7 Å². The minimum atomic E-state index is -0.399. The Kier molecular flexibility index (Phi) is 6.47. The summed E-state index contributed by atoms with van der Waals surface area (Å²) in [5, 5.41) is 12.1. The first-order chi connectivity index (χ1) is 11.6. The highest BCUT2D eigenvalue weighted by atomic mass is 32.1. The number of hydrogen-bond acceptors (Lipinski definition) is 6. The van der Waals surface area contributed by atoms with Crippen molar-refractivity contribution in [1.29, 1.82) is 5.26 Å². The molecule has 0 unspecified atom stereocenters. The smallest absolute Gasteiger partial charge is 0.133 e. The van der Waals surface area contributed by atoms with E-state index in [-0.39, 0.29) is 6.04 Å². The minimum Gasteiger partial charge on any atom is -0.496 e. The van der Waals surface area contributed by atoms with E-state index in [2.05, 4.69) is 20.9 Å². The molecule has 2 rings (SSSR count). The summed E-state index contributed by atoms with van der Waals surface area (Å²) in [6, 6.07) is 10.3. The molecule has 0 spiro atoms. The van der Waals surface area contributed by atoms with Crippen LogP contribution in [0.15, 0.2) is 34.6 Å². The van der Waals surface area contributed by atoms with Crippen LogP contribution in [0.3, 0.4) is 0 Å². The lowest BCUT2D eigenvalue weighted by atomic mass is 10.0. The molecular formula is C18H22N4OS. The fourth-order valence-corrected chi connectivity index (χ4v) is 3.22. The summed E-state index contributed by atoms with van der Waals surface area (Å²) in [7, 11) is 5.70. The second kappa shape index (κ2) is 8.57. The number of benzene rings is 1. The highest BCUT2D eigenvalue weighted by molar-refractivity contribution is 7.09. The lowest BCUT2D eigenvalue weighted by Gasteiger charge is -2.24. The molecule has 24 heavy (non-hydrogen) atoms. The average Bonchev–Trinajstić information content (AvgIpc) is 3.01. The number of nitrogens with zero attached hydrogens (tertiary/aromatic N) is 4. The number of hydrogen-bond donors (Lipinski definition) is 0. The maximum absolute atomic E-state index is 9.36. The molecule has 2 aromatic rings. The normalized spacial score (nSPS) is 13.8. The molecule has 0 aliphatic rings. The van der Waals surface area contributed by atoms with Crippen molar-refractivity contribution < 1.29 is 4.74 Å². The molecule has 0 amide bonds. The van der Waals surface area contributed by atoms with E-state index in [0.717, 1.165) is 22.0 Å². The molecule has 0 bridgehead atoms. The third kappa shape index (κ3) is 4.40. The molecule has 0 saturated heterocycles. The molecule has 1 heterocycles. The molecule has 126 valence electrons. The Morgan fingerprint density at radius 1 is 1.42 bits per heavy atom. The van der Waals surface area contributed by atoms with Crippen LogP contribution in [0.4, 0.5) is 0 Å². The quantitative estimate of drug-likeness (QED) is 0.723. The highest BCUT2D eigenvalue weighted by Gasteiger charge is 2.18. The lowest BCUT2D eigenvalue weighted by molar-refractivity contribution is 0.295. The standard InChI is InChI=1S/C18H22N4OS/c1-13-12-24-18(21-13)14(9-19)10-20-11-16(22(2)3)15-7-5-6-8-17(15)23-4/h5-8,10,12,14,16H,11H2,1-4H3/t14-,16+/m0/s1. The molecule has 6 heteroatoms. The zero-order valence-electron chi connectivity index (χ0n) is 14.4. The highest BCUT2D eigenvalue weighted by Crippen LogP contribution is 2.28. The van der Waals surface area contributed by atoms with Crippen molar-refractivity contribution in [3.8, 4) is 11.8 Å². The van der Waals surface area contributed by atoms with Gasteiger partial charge in [0.05, 0.1) is 25.8 Å². The first-order valence-electron chi connectivity index (χ1n) is 7.67. The van der Waals surface area contributed by atoms with Crippen LogP contribution in [-0.4, -0.2) is 43.8 Å². The first-order valence-corrected chi connectivity index (χ1v) is 8.55. The predicted molar refractivity (Wildman–Crippen MR) is 98.0 cm³/mol. The molecule has 0 aliphatic carbocycles. The van der Waals surface area contributed by atoms with E-state index in [1.54, 1.807) is 13.3 Å². The molecule has 5 nitrogen and oxygen atoms in total. The van der Waals surface area contributed by atoms with Gasteiger partial charge in [-0.1, -0.05) is 18.2 Å². The fraction of sp³-hybridized carbons (Fsp3) is 0.389. The number of rotatable bonds is 7. The van der Waals surface area contributed by atoms with E-state index in [0.29, 0.717) is 6.54 Å². The van der Waals surface area contributed by atoms with Gasteiger partial charge >= 0.3 is 0 Å². The van der Waals surface area contributed by atoms with Crippen LogP contribution in [0, 0.1) is 18.3 Å². The summed E-state index contributed by atoms with van der Waals surface area (Å²) >= 11 is 1.49. The zero-order chi connectivity index (χ0) is 17.5. The number of nitriles is 1. The SMILES string of the molecule is COc1ccccc1[C@@H](CN=C[C@H](C#N)c1nc(C)cs1)N(C)C. The van der Waals surface area contributed by atoms with Gasteiger partial charge < -0.3 is 9.64 Å². The number of ether oxygens (including phenoxy) is 1. The number of aryl methyl sites for hydroxylation is 1. The molecular weight excluding hydrogens is 320 g/mol. The third-order valence-corrected chi connectivity index (χ3v) is 4.74. The van der Waals surface area contributed by atoms with Gasteiger partial charge in [0, 0.05) is 22.9 Å². The van der Waals surface area contributed by atoms with Gasteiger partial charge in [-0.15, -0.1) is 11.3 Å². The average molecular weight is 342 g/mol. The van der Waals surface area contributed by atoms with Gasteiger partial charge in [0.15, 0.2) is 0 Å². The maximum Gasteiger partial charge on any atom is 0.133 e. The lowest BCUT2D eigenvalue weighted by Crippen LogP contribution is -2.23. The van der Waals surface area contributed by atoms with Crippen molar-refractivity contribution in [2.45, 2.75) is 18.9 Å². The Morgan fingerprint density at radius 2 is 2.17 bits per heavy atom. The van der Waals surface area contributed by atoms with E-state index >= 15 is 0 Å². The van der Waals surface area contributed by atoms with Gasteiger partial charge in [-0.3, -0.25) is 4.99 Å². The number of methoxy groups -OCH3 is 1. The summed E-state index contributed by atoms with van der Waals surface area (Å²) < 4.78 is 5.46. The summed E-state index contributed by atoms with van der Waals surface area (Å²) in [6.45, 7) is 2.48. The van der Waals surface area contributed by atoms with Gasteiger partial charge in [-0.25, -0.2) is 4.98 Å². The number of aromatic nitrogens is 1. The van der Waals surface area contributed by atoms with Crippen LogP contribution in [0.5, 0.6) is 5.75 Å². The number of para-hydroxylation sites is 1. The Morgan fingerprint density at radius 3 is 2.75 bits per heavy atom. The molecule has 0 saturated carbocycles. The van der Waals surface area contributed by atoms with E-state index in [1.807, 2.05) is 50.7 Å². The van der Waals surface area contributed by atoms with Crippen molar-refractivity contribution in [2.24, 2.45) is 4.99 Å². The van der Waals surface area contributed by atoms with Crippen molar-refractivity contribution in [1.82, 2.24) is 9.88 Å². The monoisotopic (exact) mass is 342 g/mol. The van der Waals surface area contributed by atoms with Crippen LogP contribution in [0.2, 0.25) is 0 Å². The number of thiazole rings is 1. The van der Waals surface area contributed by atoms with Gasteiger partial charge in [0.25, 0.3) is 0 Å². The second-order valence-corrected chi connectivity index (χ2v) is 6.56. The second-order valence-electron chi connectivity index (χ2n) is 5.67. The van der Waals surface area contributed by atoms with Crippen molar-refractivity contribution >= 4 is 17.6 Å². The number of likely N-dealkylation sites (N-methyl/N-ethyl adjacent to an activating group) is 1. The molecule has 0 N–H and O–H groups in total. The van der Waals surface area contributed by atoms with Crippen molar-refractivity contribution in [3.63, 3.8) is 0 Å². The van der Waals surface area contributed by atoms with Crippen LogP contribution in [0.1, 0.15) is 28.2 Å². The van der Waals surface area contributed by atoms with Crippen LogP contribution >= 0.6 is 11.3 Å². The van der Waals surface area contributed by atoms with Crippen molar-refractivity contribution in [3.05, 3.63) is 45.9 Å². The van der Waals surface area contributed by atoms with E-state index < -0.39 is 5.92 Å². The van der Waals surface area contributed by atoms with Gasteiger partial charge in [0.2, 0.25) is 0 Å². The summed E-state index contributed by atoms with van der Waals surface area (Å²) in [4.78, 5) is 11.0. The van der Waals surface area contributed by atoms with Crippen LogP contribution in [0.25, 0.3) is 0 Å². The molecule has 2 atom stereocenters. The molecule has 0 fully saturated rings. The molecule has 0 aliphatic heterocycles. The Labute approximate surface area is 147 Å². The number of aliphatic imine (C=N–C) groups is 1.